The number of hydrogen-bond acceptors (Lipinski definition) is 2. The molecule has 3 nitrogen and oxygen atoms in total. The van der Waals surface area contributed by atoms with E-state index in [-0.39, 0.29) is 5.91 Å². The molecule has 1 fully saturated rings. The van der Waals surface area contributed by atoms with E-state index in [4.69, 9.17) is 0 Å². The van der Waals surface area contributed by atoms with Gasteiger partial charge in [0.2, 0.25) is 5.91 Å². The van der Waals surface area contributed by atoms with Gasteiger partial charge >= 0.3 is 0 Å². The Kier molecular flexibility index (Phi) is 4.66. The Morgan fingerprint density at radius 1 is 1.21 bits per heavy atom. The predicted molar refractivity (Wildman–Crippen MR) is 58.1 cm³/mol. The summed E-state index contributed by atoms with van der Waals surface area (Å²) >= 11 is 0. The van der Waals surface area contributed by atoms with Crippen molar-refractivity contribution in [2.24, 2.45) is 0 Å². The molecule has 0 atom stereocenters. The topological polar surface area (TPSA) is 41.1 Å². The average molecular weight is 196 g/mol. The van der Waals surface area contributed by atoms with Gasteiger partial charge in [0, 0.05) is 12.1 Å². The molecule has 1 rings (SSSR count). The van der Waals surface area contributed by atoms with Gasteiger partial charge in [0.1, 0.15) is 0 Å². The van der Waals surface area contributed by atoms with E-state index in [0.717, 1.165) is 25.7 Å². The number of amides is 1. The molecule has 0 unspecified atom stereocenters. The molecular weight excluding hydrogens is 176 g/mol. The van der Waals surface area contributed by atoms with Crippen molar-refractivity contribution in [3.63, 3.8) is 0 Å². The summed E-state index contributed by atoms with van der Waals surface area (Å²) in [4.78, 5) is 11.2. The van der Waals surface area contributed by atoms with E-state index in [1.165, 1.54) is 0 Å². The number of rotatable bonds is 3. The molecule has 1 aliphatic carbocycles. The first kappa shape index (κ1) is 11.2. The average Bonchev–Trinajstić information content (AvgIpc) is 2.19. The van der Waals surface area contributed by atoms with Crippen LogP contribution in [0.3, 0.4) is 0 Å². The van der Waals surface area contributed by atoms with Gasteiger partial charge < -0.3 is 10.6 Å². The van der Waals surface area contributed by atoms with Crippen LogP contribution in [0.15, 0.2) is 12.2 Å². The largest absolute Gasteiger partial charge is 0.350 e. The van der Waals surface area contributed by atoms with E-state index in [0.29, 0.717) is 12.1 Å². The molecule has 0 heterocycles. The summed E-state index contributed by atoms with van der Waals surface area (Å²) < 4.78 is 0. The Hall–Kier alpha value is -0.830. The van der Waals surface area contributed by atoms with Crippen LogP contribution in [0.1, 0.15) is 32.6 Å². The fourth-order valence-corrected chi connectivity index (χ4v) is 1.93. The Balaban J connectivity index is 2.25. The van der Waals surface area contributed by atoms with E-state index in [1.54, 1.807) is 12.2 Å². The fraction of sp³-hybridized carbons (Fsp3) is 0.727. The second-order valence-corrected chi connectivity index (χ2v) is 3.85. The van der Waals surface area contributed by atoms with E-state index in [9.17, 15) is 4.79 Å². The van der Waals surface area contributed by atoms with Crippen molar-refractivity contribution in [3.05, 3.63) is 12.2 Å². The van der Waals surface area contributed by atoms with Crippen LogP contribution in [0.4, 0.5) is 0 Å². The lowest BCUT2D eigenvalue weighted by atomic mass is 9.91. The molecule has 3 heteroatoms. The van der Waals surface area contributed by atoms with Gasteiger partial charge in [-0.05, 0) is 45.7 Å². The second-order valence-electron chi connectivity index (χ2n) is 3.85. The Morgan fingerprint density at radius 2 is 1.79 bits per heavy atom. The van der Waals surface area contributed by atoms with Gasteiger partial charge in [-0.25, -0.2) is 0 Å². The molecule has 1 aliphatic rings. The lowest BCUT2D eigenvalue weighted by molar-refractivity contribution is -0.117. The van der Waals surface area contributed by atoms with Crippen LogP contribution < -0.4 is 10.6 Å². The van der Waals surface area contributed by atoms with Crippen LogP contribution in [-0.4, -0.2) is 25.0 Å². The molecule has 2 N–H and O–H groups in total. The quantitative estimate of drug-likeness (QED) is 0.666. The minimum Gasteiger partial charge on any atom is -0.350 e. The second kappa shape index (κ2) is 5.81. The molecule has 0 aliphatic heterocycles. The zero-order valence-corrected chi connectivity index (χ0v) is 9.05. The van der Waals surface area contributed by atoms with Gasteiger partial charge in [0.05, 0.1) is 0 Å². The third-order valence-electron chi connectivity index (χ3n) is 2.80. The zero-order valence-electron chi connectivity index (χ0n) is 9.05. The van der Waals surface area contributed by atoms with Gasteiger partial charge in [-0.15, -0.1) is 0 Å². The highest BCUT2D eigenvalue weighted by molar-refractivity contribution is 5.87. The van der Waals surface area contributed by atoms with Crippen molar-refractivity contribution < 1.29 is 4.79 Å². The van der Waals surface area contributed by atoms with Gasteiger partial charge in [-0.3, -0.25) is 4.79 Å². The molecule has 1 amide bonds. The summed E-state index contributed by atoms with van der Waals surface area (Å²) in [6.45, 7) is 1.86. The molecule has 0 spiro atoms. The molecule has 0 saturated heterocycles. The minimum atomic E-state index is 0.0420. The molecule has 80 valence electrons. The Labute approximate surface area is 86.0 Å². The highest BCUT2D eigenvalue weighted by Gasteiger charge is 2.20. The molecule has 0 bridgehead atoms. The van der Waals surface area contributed by atoms with Crippen molar-refractivity contribution in [3.8, 4) is 0 Å². The van der Waals surface area contributed by atoms with Crippen LogP contribution in [0.5, 0.6) is 0 Å². The number of carbonyl (C=O) groups excluding carboxylic acids is 1. The number of hydrogen-bond donors (Lipinski definition) is 2. The van der Waals surface area contributed by atoms with Crippen molar-refractivity contribution in [1.29, 1.82) is 0 Å². The summed E-state index contributed by atoms with van der Waals surface area (Å²) in [6.07, 6.45) is 7.87. The van der Waals surface area contributed by atoms with Gasteiger partial charge in [0.25, 0.3) is 0 Å². The van der Waals surface area contributed by atoms with Crippen LogP contribution in [0.25, 0.3) is 0 Å². The highest BCUT2D eigenvalue weighted by Crippen LogP contribution is 2.18. The normalized spacial score (nSPS) is 27.9. The monoisotopic (exact) mass is 196 g/mol. The maximum Gasteiger partial charge on any atom is 0.243 e. The van der Waals surface area contributed by atoms with E-state index >= 15 is 0 Å². The highest BCUT2D eigenvalue weighted by atomic mass is 16.1. The van der Waals surface area contributed by atoms with E-state index in [2.05, 4.69) is 10.6 Å². The minimum absolute atomic E-state index is 0.0420. The smallest absolute Gasteiger partial charge is 0.243 e. The molecule has 1 saturated carbocycles. The number of allylic oxidation sites excluding steroid dienone is 1. The summed E-state index contributed by atoms with van der Waals surface area (Å²) in [6, 6.07) is 1.02. The molecule has 0 radical (unpaired) electrons. The van der Waals surface area contributed by atoms with Gasteiger partial charge in [-0.2, -0.15) is 0 Å². The maximum absolute atomic E-state index is 11.2. The van der Waals surface area contributed by atoms with Crippen molar-refractivity contribution >= 4 is 5.91 Å². The van der Waals surface area contributed by atoms with Crippen LogP contribution in [-0.2, 0) is 4.79 Å². The molecular formula is C11H20N2O. The number of nitrogens with one attached hydrogen (secondary N) is 2. The van der Waals surface area contributed by atoms with Gasteiger partial charge in [-0.1, -0.05) is 6.08 Å². The van der Waals surface area contributed by atoms with Crippen LogP contribution in [0.2, 0.25) is 0 Å². The third kappa shape index (κ3) is 3.50. The molecule has 0 aromatic carbocycles. The first-order valence-corrected chi connectivity index (χ1v) is 5.36. The van der Waals surface area contributed by atoms with Crippen molar-refractivity contribution in [2.75, 3.05) is 7.05 Å². The Morgan fingerprint density at radius 3 is 2.29 bits per heavy atom. The third-order valence-corrected chi connectivity index (χ3v) is 2.80. The molecule has 0 aromatic heterocycles. The summed E-state index contributed by atoms with van der Waals surface area (Å²) in [7, 11) is 2.00. The summed E-state index contributed by atoms with van der Waals surface area (Å²) in [5.41, 5.74) is 0. The molecule has 0 aromatic rings. The zero-order chi connectivity index (χ0) is 10.4. The standard InChI is InChI=1S/C11H20N2O/c1-3-4-11(14)13-10-7-5-9(12-2)6-8-10/h3-4,9-10,12H,5-8H2,1-2H3,(H,13,14)/b4-3+. The summed E-state index contributed by atoms with van der Waals surface area (Å²) in [5.74, 6) is 0.0420. The van der Waals surface area contributed by atoms with E-state index in [1.807, 2.05) is 14.0 Å². The SMILES string of the molecule is C/C=C/C(=O)NC1CCC(NC)CC1. The predicted octanol–water partition coefficient (Wildman–Crippen LogP) is 1.21. The van der Waals surface area contributed by atoms with Crippen LogP contribution >= 0.6 is 0 Å². The fourth-order valence-electron chi connectivity index (χ4n) is 1.93. The van der Waals surface area contributed by atoms with Crippen LogP contribution in [0, 0.1) is 0 Å². The summed E-state index contributed by atoms with van der Waals surface area (Å²) in [5, 5.41) is 6.29. The molecule has 14 heavy (non-hydrogen) atoms. The van der Waals surface area contributed by atoms with Crippen molar-refractivity contribution in [1.82, 2.24) is 10.6 Å². The lowest BCUT2D eigenvalue weighted by Crippen LogP contribution is -2.40. The maximum atomic E-state index is 11.2. The van der Waals surface area contributed by atoms with Crippen molar-refractivity contribution in [2.45, 2.75) is 44.7 Å². The number of carbonyl (C=O) groups is 1. The van der Waals surface area contributed by atoms with E-state index < -0.39 is 0 Å². The first-order chi connectivity index (χ1) is 6.76. The first-order valence-electron chi connectivity index (χ1n) is 5.36. The lowest BCUT2D eigenvalue weighted by Gasteiger charge is -2.28. The Bertz CT molecular complexity index is 205. The van der Waals surface area contributed by atoms with Gasteiger partial charge in [0.15, 0.2) is 0 Å².